The van der Waals surface area contributed by atoms with Gasteiger partial charge in [0.1, 0.15) is 12.1 Å². The third-order valence-corrected chi connectivity index (χ3v) is 7.96. The van der Waals surface area contributed by atoms with Crippen LogP contribution in [0.2, 0.25) is 5.02 Å². The summed E-state index contributed by atoms with van der Waals surface area (Å²) in [6, 6.07) is 6.86. The van der Waals surface area contributed by atoms with Gasteiger partial charge in [-0.05, 0) is 38.5 Å². The number of hydrogen-bond acceptors (Lipinski definition) is 6. The van der Waals surface area contributed by atoms with Crippen molar-refractivity contribution in [1.29, 1.82) is 0 Å². The topological polar surface area (TPSA) is 89.9 Å². The Bertz CT molecular complexity index is 1040. The first-order valence-electron chi connectivity index (χ1n) is 11.5. The summed E-state index contributed by atoms with van der Waals surface area (Å²) in [5.41, 5.74) is 3.08. The van der Waals surface area contributed by atoms with Gasteiger partial charge in [-0.25, -0.2) is 14.8 Å². The number of hydrogen-bond donors (Lipinski definition) is 1. The van der Waals surface area contributed by atoms with Crippen molar-refractivity contribution < 1.29 is 14.7 Å². The standard InChI is InChI=1S/C24H30ClN5O3S/c1-15(2)30(24(32)33)12-19(17-4-6-18(25)7-5-17)23(31)29-10-8-28(9-11-29)22-21-16(3)34-13-20(21)26-14-27-22/h4-7,14-16,19H,8-13H2,1-3H3,(H,32,33)/t16-,19+/m0/s1. The minimum atomic E-state index is -1.03. The normalized spacial score (nSPS) is 18.7. The lowest BCUT2D eigenvalue weighted by atomic mass is 9.96. The lowest BCUT2D eigenvalue weighted by Gasteiger charge is -2.38. The smallest absolute Gasteiger partial charge is 0.407 e. The first-order chi connectivity index (χ1) is 16.3. The first kappa shape index (κ1) is 24.6. The highest BCUT2D eigenvalue weighted by Gasteiger charge is 2.34. The number of piperazine rings is 1. The van der Waals surface area contributed by atoms with E-state index in [1.54, 1.807) is 18.5 Å². The quantitative estimate of drug-likeness (QED) is 0.629. The van der Waals surface area contributed by atoms with Crippen molar-refractivity contribution in [3.05, 3.63) is 52.4 Å². The number of amides is 2. The zero-order chi connectivity index (χ0) is 24.4. The number of carbonyl (C=O) groups is 2. The largest absolute Gasteiger partial charge is 0.465 e. The minimum Gasteiger partial charge on any atom is -0.465 e. The second-order valence-corrected chi connectivity index (χ2v) is 10.7. The fraction of sp³-hybridized carbons (Fsp3) is 0.500. The van der Waals surface area contributed by atoms with Gasteiger partial charge in [-0.2, -0.15) is 0 Å². The molecule has 1 fully saturated rings. The Morgan fingerprint density at radius 3 is 2.47 bits per heavy atom. The zero-order valence-corrected chi connectivity index (χ0v) is 21.2. The van der Waals surface area contributed by atoms with Crippen molar-refractivity contribution in [1.82, 2.24) is 19.8 Å². The van der Waals surface area contributed by atoms with Crippen LogP contribution in [0.4, 0.5) is 10.6 Å². The molecule has 0 bridgehead atoms. The summed E-state index contributed by atoms with van der Waals surface area (Å²) in [4.78, 5) is 39.9. The van der Waals surface area contributed by atoms with E-state index in [1.165, 1.54) is 10.5 Å². The maximum absolute atomic E-state index is 13.7. The average Bonchev–Trinajstić information content (AvgIpc) is 3.21. The van der Waals surface area contributed by atoms with E-state index in [9.17, 15) is 14.7 Å². The fourth-order valence-electron chi connectivity index (χ4n) is 4.58. The molecule has 2 aliphatic heterocycles. The van der Waals surface area contributed by atoms with Crippen LogP contribution in [0.3, 0.4) is 0 Å². The molecule has 0 unspecified atom stereocenters. The molecular formula is C24H30ClN5O3S. The molecule has 2 amide bonds. The molecule has 1 saturated heterocycles. The molecule has 0 radical (unpaired) electrons. The maximum Gasteiger partial charge on any atom is 0.407 e. The fourth-order valence-corrected chi connectivity index (χ4v) is 5.75. The van der Waals surface area contributed by atoms with E-state index in [0.29, 0.717) is 36.5 Å². The summed E-state index contributed by atoms with van der Waals surface area (Å²) >= 11 is 7.93. The Hall–Kier alpha value is -2.52. The summed E-state index contributed by atoms with van der Waals surface area (Å²) in [7, 11) is 0. The highest BCUT2D eigenvalue weighted by Crippen LogP contribution is 2.44. The second-order valence-electron chi connectivity index (χ2n) is 8.96. The highest BCUT2D eigenvalue weighted by atomic mass is 35.5. The van der Waals surface area contributed by atoms with Crippen LogP contribution in [0.25, 0.3) is 0 Å². The van der Waals surface area contributed by atoms with Crippen molar-refractivity contribution >= 4 is 41.2 Å². The van der Waals surface area contributed by atoms with Gasteiger partial charge in [-0.15, -0.1) is 11.8 Å². The summed E-state index contributed by atoms with van der Waals surface area (Å²) in [6.45, 7) is 8.37. The van der Waals surface area contributed by atoms with E-state index >= 15 is 0 Å². The summed E-state index contributed by atoms with van der Waals surface area (Å²) in [5.74, 6) is 1.22. The maximum atomic E-state index is 13.7. The molecule has 2 aromatic rings. The van der Waals surface area contributed by atoms with Crippen LogP contribution in [0, 0.1) is 0 Å². The molecule has 0 spiro atoms. The van der Waals surface area contributed by atoms with Gasteiger partial charge in [-0.1, -0.05) is 23.7 Å². The van der Waals surface area contributed by atoms with Crippen LogP contribution in [-0.2, 0) is 10.5 Å². The molecule has 0 aliphatic carbocycles. The Morgan fingerprint density at radius 2 is 1.85 bits per heavy atom. The van der Waals surface area contributed by atoms with E-state index < -0.39 is 12.0 Å². The number of aromatic nitrogens is 2. The Balaban J connectivity index is 1.51. The molecule has 10 heteroatoms. The molecule has 34 heavy (non-hydrogen) atoms. The van der Waals surface area contributed by atoms with Crippen LogP contribution in [0.1, 0.15) is 48.8 Å². The van der Waals surface area contributed by atoms with Gasteiger partial charge in [0.05, 0.1) is 11.6 Å². The van der Waals surface area contributed by atoms with Crippen LogP contribution in [-0.4, -0.2) is 75.6 Å². The highest BCUT2D eigenvalue weighted by molar-refractivity contribution is 7.99. The van der Waals surface area contributed by atoms with Crippen LogP contribution in [0.5, 0.6) is 0 Å². The molecule has 1 aromatic heterocycles. The number of halogens is 1. The molecule has 0 saturated carbocycles. The third-order valence-electron chi connectivity index (χ3n) is 6.53. The molecule has 8 nitrogen and oxygen atoms in total. The molecule has 2 aliphatic rings. The molecule has 1 aromatic carbocycles. The average molecular weight is 504 g/mol. The van der Waals surface area contributed by atoms with Crippen molar-refractivity contribution in [2.45, 2.75) is 43.7 Å². The number of thioether (sulfide) groups is 1. The van der Waals surface area contributed by atoms with E-state index in [1.807, 2.05) is 42.6 Å². The Kier molecular flexibility index (Phi) is 7.52. The number of rotatable bonds is 6. The van der Waals surface area contributed by atoms with Gasteiger partial charge in [0.25, 0.3) is 0 Å². The van der Waals surface area contributed by atoms with Crippen molar-refractivity contribution in [2.75, 3.05) is 37.6 Å². The summed E-state index contributed by atoms with van der Waals surface area (Å²) in [6.07, 6.45) is 0.601. The third kappa shape index (κ3) is 5.10. The number of nitrogens with zero attached hydrogens (tertiary/aromatic N) is 5. The molecule has 4 rings (SSSR count). The zero-order valence-electron chi connectivity index (χ0n) is 19.6. The summed E-state index contributed by atoms with van der Waals surface area (Å²) < 4.78 is 0. The van der Waals surface area contributed by atoms with Gasteiger partial charge in [-0.3, -0.25) is 4.79 Å². The second kappa shape index (κ2) is 10.4. The number of fused-ring (bicyclic) bond motifs is 1. The monoisotopic (exact) mass is 503 g/mol. The van der Waals surface area contributed by atoms with Gasteiger partial charge < -0.3 is 19.8 Å². The van der Waals surface area contributed by atoms with Gasteiger partial charge in [0, 0.05) is 60.4 Å². The van der Waals surface area contributed by atoms with Crippen molar-refractivity contribution in [3.8, 4) is 0 Å². The van der Waals surface area contributed by atoms with Gasteiger partial charge >= 0.3 is 6.09 Å². The lowest BCUT2D eigenvalue weighted by molar-refractivity contribution is -0.133. The molecule has 1 N–H and O–H groups in total. The van der Waals surface area contributed by atoms with Crippen LogP contribution in [0.15, 0.2) is 30.6 Å². The number of carbonyl (C=O) groups excluding carboxylic acids is 1. The molecule has 3 heterocycles. The van der Waals surface area contributed by atoms with Gasteiger partial charge in [0.15, 0.2) is 0 Å². The minimum absolute atomic E-state index is 0.0642. The van der Waals surface area contributed by atoms with Crippen LogP contribution >= 0.6 is 23.4 Å². The molecular weight excluding hydrogens is 474 g/mol. The molecule has 182 valence electrons. The molecule has 2 atom stereocenters. The predicted octanol–water partition coefficient (Wildman–Crippen LogP) is 4.26. The Labute approximate surface area is 209 Å². The van der Waals surface area contributed by atoms with E-state index in [2.05, 4.69) is 21.8 Å². The van der Waals surface area contributed by atoms with Gasteiger partial charge in [0.2, 0.25) is 5.91 Å². The van der Waals surface area contributed by atoms with E-state index in [4.69, 9.17) is 11.6 Å². The SMILES string of the molecule is CC(C)N(C[C@@H](C(=O)N1CCN(c2ncnc3c2[C@H](C)SC3)CC1)c1ccc(Cl)cc1)C(=O)O. The van der Waals surface area contributed by atoms with E-state index in [-0.39, 0.29) is 18.5 Å². The first-order valence-corrected chi connectivity index (χ1v) is 12.9. The van der Waals surface area contributed by atoms with E-state index in [0.717, 1.165) is 22.8 Å². The summed E-state index contributed by atoms with van der Waals surface area (Å²) in [5, 5.41) is 10.6. The Morgan fingerprint density at radius 1 is 1.18 bits per heavy atom. The van der Waals surface area contributed by atoms with Crippen molar-refractivity contribution in [2.24, 2.45) is 0 Å². The number of carboxylic acid groups (broad SMARTS) is 1. The van der Waals surface area contributed by atoms with Crippen molar-refractivity contribution in [3.63, 3.8) is 0 Å². The number of anilines is 1. The van der Waals surface area contributed by atoms with Crippen LogP contribution < -0.4 is 4.90 Å². The predicted molar refractivity (Wildman–Crippen MR) is 135 cm³/mol. The number of benzene rings is 1. The lowest BCUT2D eigenvalue weighted by Crippen LogP contribution is -2.52.